The van der Waals surface area contributed by atoms with Crippen LogP contribution in [0.15, 0.2) is 29.3 Å². The highest BCUT2D eigenvalue weighted by molar-refractivity contribution is 5.84. The molecule has 0 bridgehead atoms. The maximum Gasteiger partial charge on any atom is 0.243 e. The molecule has 0 spiro atoms. The molecule has 2 N–H and O–H groups in total. The van der Waals surface area contributed by atoms with E-state index in [4.69, 9.17) is 0 Å². The van der Waals surface area contributed by atoms with Crippen molar-refractivity contribution in [3.63, 3.8) is 0 Å². The van der Waals surface area contributed by atoms with E-state index in [9.17, 15) is 4.79 Å². The highest BCUT2D eigenvalue weighted by Crippen LogP contribution is 2.15. The number of carbonyl (C=O) groups is 1. The molecular formula is C18H28N6O. The van der Waals surface area contributed by atoms with E-state index in [-0.39, 0.29) is 12.5 Å². The highest BCUT2D eigenvalue weighted by Gasteiger charge is 2.07. The van der Waals surface area contributed by atoms with Gasteiger partial charge in [-0.1, -0.05) is 12.1 Å². The zero-order valence-corrected chi connectivity index (χ0v) is 15.5. The van der Waals surface area contributed by atoms with E-state index in [1.807, 2.05) is 32.0 Å². The Balaban J connectivity index is 1.88. The van der Waals surface area contributed by atoms with E-state index in [0.29, 0.717) is 5.96 Å². The highest BCUT2D eigenvalue weighted by atomic mass is 16.2. The average molecular weight is 344 g/mol. The summed E-state index contributed by atoms with van der Waals surface area (Å²) in [6.07, 6.45) is 0.938. The number of likely N-dealkylation sites (N-methyl/N-ethyl adjacent to an activating group) is 1. The van der Waals surface area contributed by atoms with Crippen molar-refractivity contribution in [2.45, 2.75) is 26.8 Å². The van der Waals surface area contributed by atoms with Crippen LogP contribution in [0.4, 0.5) is 0 Å². The van der Waals surface area contributed by atoms with Crippen molar-refractivity contribution >= 4 is 22.9 Å². The third-order valence-corrected chi connectivity index (χ3v) is 3.91. The van der Waals surface area contributed by atoms with Crippen LogP contribution in [0.3, 0.4) is 0 Å². The van der Waals surface area contributed by atoms with Crippen LogP contribution in [0.2, 0.25) is 0 Å². The number of hydrogen-bond acceptors (Lipinski definition) is 3. The van der Waals surface area contributed by atoms with Gasteiger partial charge in [-0.3, -0.25) is 4.79 Å². The fourth-order valence-corrected chi connectivity index (χ4v) is 2.55. The first kappa shape index (κ1) is 18.8. The second kappa shape index (κ2) is 9.05. The third kappa shape index (κ3) is 5.20. The predicted octanol–water partition coefficient (Wildman–Crippen LogP) is 1.38. The van der Waals surface area contributed by atoms with E-state index >= 15 is 0 Å². The first-order chi connectivity index (χ1) is 12.0. The van der Waals surface area contributed by atoms with Crippen LogP contribution in [0.5, 0.6) is 0 Å². The van der Waals surface area contributed by atoms with Gasteiger partial charge in [0.05, 0.1) is 11.0 Å². The van der Waals surface area contributed by atoms with Gasteiger partial charge in [-0.05, 0) is 32.4 Å². The number of aromatic nitrogens is 2. The largest absolute Gasteiger partial charge is 0.357 e. The monoisotopic (exact) mass is 344 g/mol. The Bertz CT molecular complexity index is 734. The number of para-hydroxylation sites is 2. The van der Waals surface area contributed by atoms with Gasteiger partial charge in [0.25, 0.3) is 0 Å². The predicted molar refractivity (Wildman–Crippen MR) is 102 cm³/mol. The van der Waals surface area contributed by atoms with Gasteiger partial charge in [-0.15, -0.1) is 0 Å². The van der Waals surface area contributed by atoms with Crippen LogP contribution >= 0.6 is 0 Å². The van der Waals surface area contributed by atoms with Crippen molar-refractivity contribution in [2.24, 2.45) is 4.99 Å². The second-order valence-electron chi connectivity index (χ2n) is 6.06. The Morgan fingerprint density at radius 1 is 1.28 bits per heavy atom. The number of fused-ring (bicyclic) bond motifs is 1. The number of imidazole rings is 1. The van der Waals surface area contributed by atoms with Crippen LogP contribution in [0, 0.1) is 6.92 Å². The second-order valence-corrected chi connectivity index (χ2v) is 6.06. The molecule has 25 heavy (non-hydrogen) atoms. The average Bonchev–Trinajstić information content (AvgIpc) is 2.91. The fourth-order valence-electron chi connectivity index (χ4n) is 2.55. The Hall–Kier alpha value is -2.57. The van der Waals surface area contributed by atoms with Gasteiger partial charge in [0, 0.05) is 33.7 Å². The summed E-state index contributed by atoms with van der Waals surface area (Å²) in [6.45, 7) is 6.60. The minimum Gasteiger partial charge on any atom is -0.357 e. The number of carbonyl (C=O) groups excluding carboxylic acids is 1. The molecule has 136 valence electrons. The summed E-state index contributed by atoms with van der Waals surface area (Å²) in [5.41, 5.74) is 2.20. The molecular weight excluding hydrogens is 316 g/mol. The number of nitrogens with one attached hydrogen (secondary N) is 2. The van der Waals surface area contributed by atoms with Gasteiger partial charge in [-0.25, -0.2) is 9.98 Å². The standard InChI is InChI=1S/C18H28N6O/c1-5-19-18(21-13-17(25)23(3)4)20-11-8-12-24-14(2)22-15-9-6-7-10-16(15)24/h6-7,9-10H,5,8,11-13H2,1-4H3,(H2,19,20,21). The van der Waals surface area contributed by atoms with Crippen molar-refractivity contribution in [3.05, 3.63) is 30.1 Å². The Morgan fingerprint density at radius 2 is 2.04 bits per heavy atom. The number of nitrogens with zero attached hydrogens (tertiary/aromatic N) is 4. The normalized spacial score (nSPS) is 11.6. The van der Waals surface area contributed by atoms with Crippen LogP contribution < -0.4 is 10.6 Å². The molecule has 0 aliphatic heterocycles. The maximum atomic E-state index is 11.7. The molecule has 7 heteroatoms. The van der Waals surface area contributed by atoms with E-state index < -0.39 is 0 Å². The number of benzene rings is 1. The lowest BCUT2D eigenvalue weighted by atomic mass is 10.3. The van der Waals surface area contributed by atoms with Gasteiger partial charge in [0.1, 0.15) is 12.4 Å². The molecule has 2 aromatic rings. The van der Waals surface area contributed by atoms with Gasteiger partial charge in [0.2, 0.25) is 5.91 Å². The Morgan fingerprint density at radius 3 is 2.76 bits per heavy atom. The number of aliphatic imine (C=N–C) groups is 1. The molecule has 7 nitrogen and oxygen atoms in total. The zero-order chi connectivity index (χ0) is 18.2. The molecule has 1 amide bonds. The van der Waals surface area contributed by atoms with E-state index in [2.05, 4.69) is 31.2 Å². The molecule has 0 saturated heterocycles. The first-order valence-corrected chi connectivity index (χ1v) is 8.67. The number of hydrogen-bond donors (Lipinski definition) is 2. The Kier molecular flexibility index (Phi) is 6.80. The lowest BCUT2D eigenvalue weighted by Gasteiger charge is -2.13. The molecule has 1 aromatic carbocycles. The van der Waals surface area contributed by atoms with Gasteiger partial charge in [0.15, 0.2) is 5.96 Å². The molecule has 0 fully saturated rings. The lowest BCUT2D eigenvalue weighted by Crippen LogP contribution is -2.39. The third-order valence-electron chi connectivity index (χ3n) is 3.91. The van der Waals surface area contributed by atoms with Crippen molar-refractivity contribution in [3.8, 4) is 0 Å². The fraction of sp³-hybridized carbons (Fsp3) is 0.500. The van der Waals surface area contributed by atoms with Crippen molar-refractivity contribution < 1.29 is 4.79 Å². The number of guanidine groups is 1. The van der Waals surface area contributed by atoms with Crippen LogP contribution in [-0.4, -0.2) is 60.0 Å². The summed E-state index contributed by atoms with van der Waals surface area (Å²) in [4.78, 5) is 22.1. The summed E-state index contributed by atoms with van der Waals surface area (Å²) >= 11 is 0. The van der Waals surface area contributed by atoms with Crippen LogP contribution in [-0.2, 0) is 11.3 Å². The van der Waals surface area contributed by atoms with Crippen LogP contribution in [0.25, 0.3) is 11.0 Å². The minimum absolute atomic E-state index is 0.0160. The molecule has 2 rings (SSSR count). The van der Waals surface area contributed by atoms with Crippen LogP contribution in [0.1, 0.15) is 19.2 Å². The quantitative estimate of drug-likeness (QED) is 0.452. The van der Waals surface area contributed by atoms with Gasteiger partial charge in [-0.2, -0.15) is 0 Å². The maximum absolute atomic E-state index is 11.7. The summed E-state index contributed by atoms with van der Waals surface area (Å²) < 4.78 is 2.23. The summed E-state index contributed by atoms with van der Waals surface area (Å²) in [7, 11) is 3.46. The molecule has 1 aromatic heterocycles. The zero-order valence-electron chi connectivity index (χ0n) is 15.5. The minimum atomic E-state index is -0.0160. The van der Waals surface area contributed by atoms with Gasteiger partial charge < -0.3 is 20.1 Å². The van der Waals surface area contributed by atoms with Crippen molar-refractivity contribution in [1.29, 1.82) is 0 Å². The van der Waals surface area contributed by atoms with Crippen molar-refractivity contribution in [2.75, 3.05) is 33.7 Å². The van der Waals surface area contributed by atoms with E-state index in [1.54, 1.807) is 19.0 Å². The van der Waals surface area contributed by atoms with Crippen molar-refractivity contribution in [1.82, 2.24) is 25.1 Å². The SMILES string of the molecule is CCNC(=NCC(=O)N(C)C)NCCCn1c(C)nc2ccccc21. The number of amides is 1. The lowest BCUT2D eigenvalue weighted by molar-refractivity contribution is -0.127. The number of rotatable bonds is 7. The Labute approximate surface area is 149 Å². The summed E-state index contributed by atoms with van der Waals surface area (Å²) in [6, 6.07) is 8.18. The van der Waals surface area contributed by atoms with Gasteiger partial charge >= 0.3 is 0 Å². The topological polar surface area (TPSA) is 74.6 Å². The smallest absolute Gasteiger partial charge is 0.243 e. The first-order valence-electron chi connectivity index (χ1n) is 8.67. The number of aryl methyl sites for hydroxylation is 2. The summed E-state index contributed by atoms with van der Waals surface area (Å²) in [5.74, 6) is 1.68. The molecule has 0 aliphatic carbocycles. The molecule has 1 heterocycles. The molecule has 0 radical (unpaired) electrons. The molecule has 0 unspecified atom stereocenters. The molecule has 0 saturated carbocycles. The molecule has 0 aliphatic rings. The summed E-state index contributed by atoms with van der Waals surface area (Å²) in [5, 5.41) is 6.44. The molecule has 0 atom stereocenters. The van der Waals surface area contributed by atoms with E-state index in [1.165, 1.54) is 0 Å². The van der Waals surface area contributed by atoms with E-state index in [0.717, 1.165) is 42.9 Å².